The summed E-state index contributed by atoms with van der Waals surface area (Å²) in [6.45, 7) is 0. The molecule has 3 N–H and O–H groups in total. The summed E-state index contributed by atoms with van der Waals surface area (Å²) >= 11 is 0. The number of rotatable bonds is 6. The van der Waals surface area contributed by atoms with E-state index in [0.717, 1.165) is 23.9 Å². The quantitative estimate of drug-likeness (QED) is 0.677. The predicted octanol–water partition coefficient (Wildman–Crippen LogP) is 3.88. The number of para-hydroxylation sites is 2. The minimum absolute atomic E-state index is 0.248. The van der Waals surface area contributed by atoms with E-state index in [2.05, 4.69) is 17.1 Å². The topological polar surface area (TPSA) is 58.9 Å². The van der Waals surface area contributed by atoms with Gasteiger partial charge in [-0.15, -0.1) is 0 Å². The number of fused-ring (bicyclic) bond motifs is 1. The molecule has 3 rings (SSSR count). The summed E-state index contributed by atoms with van der Waals surface area (Å²) in [5.74, 6) is 0.248. The van der Waals surface area contributed by atoms with Crippen molar-refractivity contribution < 1.29 is 4.79 Å². The van der Waals surface area contributed by atoms with Gasteiger partial charge in [-0.2, -0.15) is 0 Å². The molecule has 0 bridgehead atoms. The van der Waals surface area contributed by atoms with Crippen molar-refractivity contribution in [2.24, 2.45) is 0 Å². The van der Waals surface area contributed by atoms with E-state index in [9.17, 15) is 4.79 Å². The highest BCUT2D eigenvalue weighted by molar-refractivity contribution is 5.84. The molecule has 1 heterocycles. The van der Waals surface area contributed by atoms with Gasteiger partial charge in [0.1, 0.15) is 5.78 Å². The summed E-state index contributed by atoms with van der Waals surface area (Å²) in [7, 11) is 0. The van der Waals surface area contributed by atoms with Crippen molar-refractivity contribution in [2.45, 2.75) is 25.7 Å². The monoisotopic (exact) mass is 292 g/mol. The molecule has 0 aliphatic heterocycles. The molecule has 0 radical (unpaired) electrons. The van der Waals surface area contributed by atoms with Crippen LogP contribution in [0.3, 0.4) is 0 Å². The first kappa shape index (κ1) is 14.4. The molecular weight excluding hydrogens is 272 g/mol. The summed E-state index contributed by atoms with van der Waals surface area (Å²) < 4.78 is 0. The van der Waals surface area contributed by atoms with E-state index in [0.29, 0.717) is 18.5 Å². The Balaban J connectivity index is 1.55. The van der Waals surface area contributed by atoms with Crippen LogP contribution in [0.15, 0.2) is 54.7 Å². The smallest absolute Gasteiger partial charge is 0.137 e. The molecule has 0 spiro atoms. The lowest BCUT2D eigenvalue weighted by Crippen LogP contribution is -2.05. The molecule has 0 amide bonds. The standard InChI is InChI=1S/C19H20N2O/c20-18-10-3-1-6-14(18)12-16(22)8-5-7-15-13-21-19-11-4-2-9-17(15)19/h1-4,6,9-11,13,21H,5,7-8,12,20H2. The lowest BCUT2D eigenvalue weighted by atomic mass is 10.0. The molecular formula is C19H20N2O. The number of nitrogens with two attached hydrogens (primary N) is 1. The van der Waals surface area contributed by atoms with E-state index >= 15 is 0 Å². The Morgan fingerprint density at radius 2 is 1.77 bits per heavy atom. The number of nitrogens with one attached hydrogen (secondary N) is 1. The van der Waals surface area contributed by atoms with Crippen LogP contribution in [0.25, 0.3) is 10.9 Å². The fraction of sp³-hybridized carbons (Fsp3) is 0.211. The van der Waals surface area contributed by atoms with Gasteiger partial charge in [0, 0.05) is 35.6 Å². The molecule has 1 aromatic heterocycles. The number of hydrogen-bond acceptors (Lipinski definition) is 2. The molecule has 0 aliphatic carbocycles. The van der Waals surface area contributed by atoms with Crippen LogP contribution in [0.1, 0.15) is 24.0 Å². The molecule has 3 aromatic rings. The van der Waals surface area contributed by atoms with Crippen molar-refractivity contribution in [1.82, 2.24) is 4.98 Å². The third kappa shape index (κ3) is 3.19. The van der Waals surface area contributed by atoms with Crippen LogP contribution in [-0.2, 0) is 17.6 Å². The Labute approximate surface area is 130 Å². The highest BCUT2D eigenvalue weighted by Gasteiger charge is 2.08. The maximum absolute atomic E-state index is 12.1. The number of aromatic nitrogens is 1. The average Bonchev–Trinajstić information content (AvgIpc) is 2.93. The zero-order valence-electron chi connectivity index (χ0n) is 12.5. The maximum Gasteiger partial charge on any atom is 0.137 e. The average molecular weight is 292 g/mol. The number of ketones is 1. The first-order chi connectivity index (χ1) is 10.7. The van der Waals surface area contributed by atoms with Gasteiger partial charge in [-0.05, 0) is 36.1 Å². The number of H-pyrrole nitrogens is 1. The van der Waals surface area contributed by atoms with E-state index in [-0.39, 0.29) is 5.78 Å². The van der Waals surface area contributed by atoms with Crippen LogP contribution < -0.4 is 5.73 Å². The molecule has 0 unspecified atom stereocenters. The summed E-state index contributed by atoms with van der Waals surface area (Å²) in [6.07, 6.45) is 4.85. The number of carbonyl (C=O) groups is 1. The molecule has 0 saturated heterocycles. The second-order valence-electron chi connectivity index (χ2n) is 5.63. The number of nitrogen functional groups attached to an aromatic ring is 1. The second kappa shape index (κ2) is 6.48. The van der Waals surface area contributed by atoms with Crippen molar-refractivity contribution in [3.8, 4) is 0 Å². The molecule has 0 aliphatic rings. The van der Waals surface area contributed by atoms with Gasteiger partial charge >= 0.3 is 0 Å². The molecule has 0 fully saturated rings. The lowest BCUT2D eigenvalue weighted by Gasteiger charge is -2.04. The summed E-state index contributed by atoms with van der Waals surface area (Å²) in [6, 6.07) is 15.8. The Morgan fingerprint density at radius 1 is 1.00 bits per heavy atom. The van der Waals surface area contributed by atoms with Crippen LogP contribution in [0, 0.1) is 0 Å². The molecule has 3 nitrogen and oxygen atoms in total. The van der Waals surface area contributed by atoms with Crippen LogP contribution in [0.4, 0.5) is 5.69 Å². The van der Waals surface area contributed by atoms with Crippen molar-refractivity contribution >= 4 is 22.4 Å². The number of anilines is 1. The van der Waals surface area contributed by atoms with E-state index < -0.39 is 0 Å². The normalized spacial score (nSPS) is 10.9. The van der Waals surface area contributed by atoms with Crippen molar-refractivity contribution in [2.75, 3.05) is 5.73 Å². The maximum atomic E-state index is 12.1. The number of aromatic amines is 1. The minimum atomic E-state index is 0.248. The first-order valence-electron chi connectivity index (χ1n) is 7.64. The van der Waals surface area contributed by atoms with Crippen LogP contribution >= 0.6 is 0 Å². The van der Waals surface area contributed by atoms with Crippen LogP contribution in [0.2, 0.25) is 0 Å². The van der Waals surface area contributed by atoms with Gasteiger partial charge in [-0.25, -0.2) is 0 Å². The van der Waals surface area contributed by atoms with Gasteiger partial charge in [-0.3, -0.25) is 4.79 Å². The zero-order chi connectivity index (χ0) is 15.4. The van der Waals surface area contributed by atoms with Crippen LogP contribution in [-0.4, -0.2) is 10.8 Å². The van der Waals surface area contributed by atoms with E-state index in [4.69, 9.17) is 5.73 Å². The fourth-order valence-corrected chi connectivity index (χ4v) is 2.81. The Morgan fingerprint density at radius 3 is 2.64 bits per heavy atom. The number of Topliss-reactive ketones (excluding diaryl/α,β-unsaturated/α-hetero) is 1. The summed E-state index contributed by atoms with van der Waals surface area (Å²) in [5, 5.41) is 1.25. The van der Waals surface area contributed by atoms with Crippen molar-refractivity contribution in [3.05, 3.63) is 65.9 Å². The number of hydrogen-bond donors (Lipinski definition) is 2. The Bertz CT molecular complexity index is 789. The Kier molecular flexibility index (Phi) is 4.24. The molecule has 0 atom stereocenters. The highest BCUT2D eigenvalue weighted by Crippen LogP contribution is 2.20. The number of benzene rings is 2. The number of carbonyl (C=O) groups excluding carboxylic acids is 1. The molecule has 112 valence electrons. The molecule has 0 saturated carbocycles. The summed E-state index contributed by atoms with van der Waals surface area (Å²) in [4.78, 5) is 15.4. The van der Waals surface area contributed by atoms with Gasteiger partial charge in [0.15, 0.2) is 0 Å². The fourth-order valence-electron chi connectivity index (χ4n) is 2.81. The third-order valence-corrected chi connectivity index (χ3v) is 4.02. The predicted molar refractivity (Wildman–Crippen MR) is 90.8 cm³/mol. The van der Waals surface area contributed by atoms with E-state index in [1.165, 1.54) is 10.9 Å². The lowest BCUT2D eigenvalue weighted by molar-refractivity contribution is -0.118. The Hall–Kier alpha value is -2.55. The highest BCUT2D eigenvalue weighted by atomic mass is 16.1. The number of aryl methyl sites for hydroxylation is 1. The van der Waals surface area contributed by atoms with Crippen molar-refractivity contribution in [1.29, 1.82) is 0 Å². The zero-order valence-corrected chi connectivity index (χ0v) is 12.5. The van der Waals surface area contributed by atoms with Gasteiger partial charge in [0.2, 0.25) is 0 Å². The summed E-state index contributed by atoms with van der Waals surface area (Å²) in [5.41, 5.74) is 9.95. The van der Waals surface area contributed by atoms with E-state index in [1.807, 2.05) is 42.6 Å². The first-order valence-corrected chi connectivity index (χ1v) is 7.64. The molecule has 2 aromatic carbocycles. The van der Waals surface area contributed by atoms with Gasteiger partial charge < -0.3 is 10.7 Å². The second-order valence-corrected chi connectivity index (χ2v) is 5.63. The van der Waals surface area contributed by atoms with Gasteiger partial charge in [0.05, 0.1) is 0 Å². The van der Waals surface area contributed by atoms with Crippen molar-refractivity contribution in [3.63, 3.8) is 0 Å². The van der Waals surface area contributed by atoms with E-state index in [1.54, 1.807) is 0 Å². The molecule has 22 heavy (non-hydrogen) atoms. The SMILES string of the molecule is Nc1ccccc1CC(=O)CCCc1c[nH]c2ccccc12. The van der Waals surface area contributed by atoms with Gasteiger partial charge in [-0.1, -0.05) is 36.4 Å². The van der Waals surface area contributed by atoms with Crippen LogP contribution in [0.5, 0.6) is 0 Å². The van der Waals surface area contributed by atoms with Gasteiger partial charge in [0.25, 0.3) is 0 Å². The largest absolute Gasteiger partial charge is 0.398 e. The third-order valence-electron chi connectivity index (χ3n) is 4.02. The minimum Gasteiger partial charge on any atom is -0.398 e. The molecule has 3 heteroatoms.